The smallest absolute Gasteiger partial charge is 0.410 e. The molecule has 0 atom stereocenters. The van der Waals surface area contributed by atoms with Gasteiger partial charge in [0.05, 0.1) is 0 Å². The molecule has 2 aliphatic heterocycles. The third-order valence-corrected chi connectivity index (χ3v) is 4.68. The second kappa shape index (κ2) is 7.53. The van der Waals surface area contributed by atoms with E-state index < -0.39 is 11.4 Å². The zero-order valence-corrected chi connectivity index (χ0v) is 17.3. The summed E-state index contributed by atoms with van der Waals surface area (Å²) >= 11 is 0. The number of nitrogens with zero attached hydrogens (tertiary/aromatic N) is 1. The summed E-state index contributed by atoms with van der Waals surface area (Å²) in [6, 6.07) is 5.40. The van der Waals surface area contributed by atoms with Crippen LogP contribution in [-0.2, 0) is 9.53 Å². The van der Waals surface area contributed by atoms with Gasteiger partial charge >= 0.3 is 6.09 Å². The molecule has 2 aliphatic rings. The van der Waals surface area contributed by atoms with Crippen LogP contribution in [0.3, 0.4) is 0 Å². The maximum absolute atomic E-state index is 12.4. The summed E-state index contributed by atoms with van der Waals surface area (Å²) in [5, 5.41) is 2.93. The Kier molecular flexibility index (Phi) is 5.46. The number of hydrogen-bond acceptors (Lipinski definition) is 5. The van der Waals surface area contributed by atoms with Gasteiger partial charge in [0.1, 0.15) is 5.60 Å². The van der Waals surface area contributed by atoms with Crippen LogP contribution in [-0.4, -0.2) is 41.4 Å². The monoisotopic (exact) mass is 390 g/mol. The minimum absolute atomic E-state index is 0.0335. The second-order valence-corrected chi connectivity index (χ2v) is 8.93. The Hall–Kier alpha value is -2.44. The van der Waals surface area contributed by atoms with Crippen LogP contribution < -0.4 is 14.8 Å². The largest absolute Gasteiger partial charge is 0.449 e. The molecule has 0 spiro atoms. The molecule has 1 N–H and O–H groups in total. The van der Waals surface area contributed by atoms with Crippen molar-refractivity contribution in [2.75, 3.05) is 18.4 Å². The van der Waals surface area contributed by atoms with Gasteiger partial charge in [0, 0.05) is 45.1 Å². The first-order valence-electron chi connectivity index (χ1n) is 9.81. The van der Waals surface area contributed by atoms with Gasteiger partial charge in [-0.05, 0) is 51.7 Å². The molecule has 2 amide bonds. The van der Waals surface area contributed by atoms with E-state index in [0.29, 0.717) is 36.7 Å². The topological polar surface area (TPSA) is 77.1 Å². The van der Waals surface area contributed by atoms with Gasteiger partial charge < -0.3 is 24.4 Å². The summed E-state index contributed by atoms with van der Waals surface area (Å²) in [5.41, 5.74) is 0.199. The molecule has 1 aromatic rings. The van der Waals surface area contributed by atoms with Crippen LogP contribution in [0, 0.1) is 5.92 Å². The molecule has 1 fully saturated rings. The van der Waals surface area contributed by atoms with Crippen LogP contribution in [0.1, 0.15) is 53.9 Å². The number of likely N-dealkylation sites (tertiary alicyclic amines) is 1. The standard InChI is InChI=1S/C21H30N2O5/c1-20(2,3)28-19(25)23-10-8-14(9-11-23)12-18(24)22-15-6-7-16-17(13-15)27-21(4,5)26-16/h6-7,13-14H,8-12H2,1-5H3,(H,22,24). The number of carbonyl (C=O) groups is 2. The van der Waals surface area contributed by atoms with Gasteiger partial charge in [-0.1, -0.05) is 0 Å². The van der Waals surface area contributed by atoms with E-state index in [0.717, 1.165) is 12.8 Å². The highest BCUT2D eigenvalue weighted by Gasteiger charge is 2.32. The average molecular weight is 390 g/mol. The van der Waals surface area contributed by atoms with E-state index in [2.05, 4.69) is 5.32 Å². The molecule has 2 heterocycles. The maximum Gasteiger partial charge on any atom is 0.410 e. The molecule has 28 heavy (non-hydrogen) atoms. The lowest BCUT2D eigenvalue weighted by molar-refractivity contribution is -0.117. The minimum Gasteiger partial charge on any atom is -0.449 e. The number of nitrogens with one attached hydrogen (secondary N) is 1. The molecule has 1 aromatic carbocycles. The second-order valence-electron chi connectivity index (χ2n) is 8.93. The number of benzene rings is 1. The van der Waals surface area contributed by atoms with E-state index >= 15 is 0 Å². The number of ether oxygens (including phenoxy) is 3. The number of piperidine rings is 1. The van der Waals surface area contributed by atoms with Gasteiger partial charge in [-0.25, -0.2) is 4.79 Å². The zero-order valence-electron chi connectivity index (χ0n) is 17.3. The summed E-state index contributed by atoms with van der Waals surface area (Å²) < 4.78 is 16.8. The zero-order chi connectivity index (χ0) is 20.5. The predicted octanol–water partition coefficient (Wildman–Crippen LogP) is 4.17. The van der Waals surface area contributed by atoms with Gasteiger partial charge in [0.15, 0.2) is 11.5 Å². The van der Waals surface area contributed by atoms with Crippen molar-refractivity contribution in [2.24, 2.45) is 5.92 Å². The summed E-state index contributed by atoms with van der Waals surface area (Å²) in [7, 11) is 0. The van der Waals surface area contributed by atoms with Gasteiger partial charge in [-0.15, -0.1) is 0 Å². The molecule has 1 saturated heterocycles. The molecule has 0 unspecified atom stereocenters. The Morgan fingerprint density at radius 3 is 2.46 bits per heavy atom. The fourth-order valence-electron chi connectivity index (χ4n) is 3.42. The molecule has 0 radical (unpaired) electrons. The molecular weight excluding hydrogens is 360 g/mol. The highest BCUT2D eigenvalue weighted by molar-refractivity contribution is 5.91. The van der Waals surface area contributed by atoms with Crippen molar-refractivity contribution in [3.63, 3.8) is 0 Å². The summed E-state index contributed by atoms with van der Waals surface area (Å²) in [6.07, 6.45) is 1.74. The van der Waals surface area contributed by atoms with Gasteiger partial charge in [-0.2, -0.15) is 0 Å². The number of hydrogen-bond donors (Lipinski definition) is 1. The first kappa shape index (κ1) is 20.3. The molecular formula is C21H30N2O5. The normalized spacial score (nSPS) is 18.7. The third kappa shape index (κ3) is 5.30. The number of fused-ring (bicyclic) bond motifs is 1. The Morgan fingerprint density at radius 2 is 1.82 bits per heavy atom. The first-order chi connectivity index (χ1) is 13.0. The Morgan fingerprint density at radius 1 is 1.18 bits per heavy atom. The van der Waals surface area contributed by atoms with E-state index in [4.69, 9.17) is 14.2 Å². The Bertz CT molecular complexity index is 746. The number of rotatable bonds is 3. The molecule has 154 valence electrons. The molecule has 3 rings (SSSR count). The molecule has 0 bridgehead atoms. The highest BCUT2D eigenvalue weighted by atomic mass is 16.7. The van der Waals surface area contributed by atoms with Crippen molar-refractivity contribution in [3.05, 3.63) is 18.2 Å². The SMILES string of the molecule is CC(C)(C)OC(=O)N1CCC(CC(=O)Nc2ccc3c(c2)OC(C)(C)O3)CC1. The van der Waals surface area contributed by atoms with Crippen LogP contribution in [0.2, 0.25) is 0 Å². The van der Waals surface area contributed by atoms with E-state index in [1.54, 1.807) is 17.0 Å². The molecule has 7 nitrogen and oxygen atoms in total. The lowest BCUT2D eigenvalue weighted by atomic mass is 9.93. The van der Waals surface area contributed by atoms with Crippen molar-refractivity contribution in [3.8, 4) is 11.5 Å². The van der Waals surface area contributed by atoms with Gasteiger partial charge in [0.2, 0.25) is 11.7 Å². The van der Waals surface area contributed by atoms with Crippen molar-refractivity contribution in [2.45, 2.75) is 65.3 Å². The van der Waals surface area contributed by atoms with E-state index in [-0.39, 0.29) is 17.9 Å². The summed E-state index contributed by atoms with van der Waals surface area (Å²) in [6.45, 7) is 10.5. The number of carbonyl (C=O) groups excluding carboxylic acids is 2. The van der Waals surface area contributed by atoms with Gasteiger partial charge in [0.25, 0.3) is 0 Å². The third-order valence-electron chi connectivity index (χ3n) is 4.68. The quantitative estimate of drug-likeness (QED) is 0.838. The molecule has 0 aromatic heterocycles. The Balaban J connectivity index is 1.46. The molecule has 7 heteroatoms. The van der Waals surface area contributed by atoms with E-state index in [9.17, 15) is 9.59 Å². The number of amides is 2. The van der Waals surface area contributed by atoms with Crippen LogP contribution >= 0.6 is 0 Å². The Labute approximate surface area is 166 Å². The fourth-order valence-corrected chi connectivity index (χ4v) is 3.42. The minimum atomic E-state index is -0.687. The maximum atomic E-state index is 12.4. The van der Waals surface area contributed by atoms with Crippen molar-refractivity contribution in [1.29, 1.82) is 0 Å². The van der Waals surface area contributed by atoms with Crippen molar-refractivity contribution in [1.82, 2.24) is 4.90 Å². The molecule has 0 aliphatic carbocycles. The van der Waals surface area contributed by atoms with Crippen LogP contribution in [0.15, 0.2) is 18.2 Å². The van der Waals surface area contributed by atoms with Crippen LogP contribution in [0.5, 0.6) is 11.5 Å². The first-order valence-corrected chi connectivity index (χ1v) is 9.81. The van der Waals surface area contributed by atoms with E-state index in [1.807, 2.05) is 40.7 Å². The van der Waals surface area contributed by atoms with Gasteiger partial charge in [-0.3, -0.25) is 4.79 Å². The van der Waals surface area contributed by atoms with Crippen LogP contribution in [0.25, 0.3) is 0 Å². The average Bonchev–Trinajstić information content (AvgIpc) is 2.87. The van der Waals surface area contributed by atoms with E-state index in [1.165, 1.54) is 0 Å². The summed E-state index contributed by atoms with van der Waals surface area (Å²) in [4.78, 5) is 26.3. The lowest BCUT2D eigenvalue weighted by Gasteiger charge is -2.33. The lowest BCUT2D eigenvalue weighted by Crippen LogP contribution is -2.42. The van der Waals surface area contributed by atoms with Crippen molar-refractivity contribution >= 4 is 17.7 Å². The fraction of sp³-hybridized carbons (Fsp3) is 0.619. The van der Waals surface area contributed by atoms with Crippen LogP contribution in [0.4, 0.5) is 10.5 Å². The molecule has 0 saturated carbocycles. The number of anilines is 1. The highest BCUT2D eigenvalue weighted by Crippen LogP contribution is 2.40. The summed E-state index contributed by atoms with van der Waals surface area (Å²) in [5.74, 6) is 0.846. The predicted molar refractivity (Wildman–Crippen MR) is 106 cm³/mol. The van der Waals surface area contributed by atoms with Crippen molar-refractivity contribution < 1.29 is 23.8 Å².